The van der Waals surface area contributed by atoms with Gasteiger partial charge >= 0.3 is 0 Å². The molecule has 0 aliphatic carbocycles. The molecular formula is C7H8BrNO2S. The van der Waals surface area contributed by atoms with E-state index >= 15 is 0 Å². The Morgan fingerprint density at radius 2 is 2.50 bits per heavy atom. The maximum Gasteiger partial charge on any atom is 0.230 e. The predicted molar refractivity (Wildman–Crippen MR) is 50.1 cm³/mol. The molecule has 66 valence electrons. The molecule has 0 N–H and O–H groups in total. The molecule has 1 saturated heterocycles. The van der Waals surface area contributed by atoms with Crippen molar-refractivity contribution in [3.63, 3.8) is 0 Å². The molecule has 0 aromatic rings. The number of carbonyl (C=O) groups excluding carboxylic acids is 1. The molecule has 1 unspecified atom stereocenters. The quantitative estimate of drug-likeness (QED) is 0.504. The Bertz CT molecular complexity index is 289. The maximum absolute atomic E-state index is 11.4. The Balaban J connectivity index is 2.24. The van der Waals surface area contributed by atoms with E-state index in [0.29, 0.717) is 17.5 Å². The molecule has 2 aliphatic rings. The summed E-state index contributed by atoms with van der Waals surface area (Å²) in [6.45, 7) is 0. The standard InChI is InChI=1S/C7H8BrNO2S/c8-2-5-3-9-6(10)1-7(9)12(11)4-5/h3,7H,1-2,4H2/t7-,12?/m0/s1. The Morgan fingerprint density at radius 3 is 3.08 bits per heavy atom. The monoisotopic (exact) mass is 249 g/mol. The molecule has 2 rings (SSSR count). The molecule has 0 aromatic carbocycles. The van der Waals surface area contributed by atoms with E-state index in [2.05, 4.69) is 15.9 Å². The van der Waals surface area contributed by atoms with Crippen LogP contribution in [0.3, 0.4) is 0 Å². The molecule has 2 atom stereocenters. The molecule has 12 heavy (non-hydrogen) atoms. The van der Waals surface area contributed by atoms with E-state index in [1.165, 1.54) is 0 Å². The van der Waals surface area contributed by atoms with Crippen molar-refractivity contribution >= 4 is 32.6 Å². The largest absolute Gasteiger partial charge is 0.303 e. The number of hydrogen-bond acceptors (Lipinski definition) is 2. The fourth-order valence-electron chi connectivity index (χ4n) is 1.36. The molecule has 1 fully saturated rings. The number of halogens is 1. The van der Waals surface area contributed by atoms with Gasteiger partial charge in [0.05, 0.1) is 6.42 Å². The summed E-state index contributed by atoms with van der Waals surface area (Å²) in [4.78, 5) is 12.6. The Kier molecular flexibility index (Phi) is 2.08. The van der Waals surface area contributed by atoms with E-state index in [4.69, 9.17) is 0 Å². The normalized spacial score (nSPS) is 33.9. The van der Waals surface area contributed by atoms with Gasteiger partial charge in [0.25, 0.3) is 0 Å². The van der Waals surface area contributed by atoms with Gasteiger partial charge in [0.1, 0.15) is 5.37 Å². The number of hydrogen-bond donors (Lipinski definition) is 0. The highest BCUT2D eigenvalue weighted by Crippen LogP contribution is 2.29. The Labute approximate surface area is 81.4 Å². The topological polar surface area (TPSA) is 37.4 Å². The van der Waals surface area contributed by atoms with Crippen LogP contribution in [0.2, 0.25) is 0 Å². The second kappa shape index (κ2) is 2.96. The smallest absolute Gasteiger partial charge is 0.230 e. The van der Waals surface area contributed by atoms with Crippen LogP contribution in [0.5, 0.6) is 0 Å². The summed E-state index contributed by atoms with van der Waals surface area (Å²) in [6.07, 6.45) is 2.28. The fourth-order valence-corrected chi connectivity index (χ4v) is 3.46. The minimum absolute atomic E-state index is 0.0275. The summed E-state index contributed by atoms with van der Waals surface area (Å²) in [5.41, 5.74) is 1.04. The average molecular weight is 250 g/mol. The Hall–Kier alpha value is -0.160. The summed E-state index contributed by atoms with van der Waals surface area (Å²) >= 11 is 3.29. The maximum atomic E-state index is 11.4. The Morgan fingerprint density at radius 1 is 1.75 bits per heavy atom. The van der Waals surface area contributed by atoms with Crippen molar-refractivity contribution in [3.8, 4) is 0 Å². The average Bonchev–Trinajstić information content (AvgIpc) is 2.06. The van der Waals surface area contributed by atoms with Gasteiger partial charge in [0.15, 0.2) is 0 Å². The van der Waals surface area contributed by atoms with Gasteiger partial charge in [-0.3, -0.25) is 9.00 Å². The second-order valence-electron chi connectivity index (χ2n) is 2.91. The number of alkyl halides is 1. The summed E-state index contributed by atoms with van der Waals surface area (Å²) in [5.74, 6) is 0.700. The van der Waals surface area contributed by atoms with Crippen molar-refractivity contribution in [1.82, 2.24) is 4.90 Å². The lowest BCUT2D eigenvalue weighted by Gasteiger charge is -2.40. The molecule has 3 nitrogen and oxygen atoms in total. The van der Waals surface area contributed by atoms with Gasteiger partial charge in [-0.15, -0.1) is 0 Å². The van der Waals surface area contributed by atoms with Crippen molar-refractivity contribution in [1.29, 1.82) is 0 Å². The number of carbonyl (C=O) groups is 1. The molecule has 2 heterocycles. The first-order valence-corrected chi connectivity index (χ1v) is 6.16. The van der Waals surface area contributed by atoms with Gasteiger partial charge < -0.3 is 4.90 Å². The number of nitrogens with zero attached hydrogens (tertiary/aromatic N) is 1. The third kappa shape index (κ3) is 1.15. The van der Waals surface area contributed by atoms with Crippen LogP contribution in [0, 0.1) is 0 Å². The van der Waals surface area contributed by atoms with Crippen molar-refractivity contribution in [3.05, 3.63) is 11.8 Å². The lowest BCUT2D eigenvalue weighted by Crippen LogP contribution is -2.54. The first-order chi connectivity index (χ1) is 5.72. The molecule has 0 spiro atoms. The van der Waals surface area contributed by atoms with Gasteiger partial charge in [-0.05, 0) is 5.57 Å². The highest BCUT2D eigenvalue weighted by atomic mass is 79.9. The second-order valence-corrected chi connectivity index (χ2v) is 5.06. The summed E-state index contributed by atoms with van der Waals surface area (Å²) in [6, 6.07) is 0. The van der Waals surface area contributed by atoms with Crippen molar-refractivity contribution in [2.45, 2.75) is 11.8 Å². The SMILES string of the molecule is O=C1C[C@H]2N1C=C(CBr)CS2=O. The van der Waals surface area contributed by atoms with Crippen molar-refractivity contribution < 1.29 is 9.00 Å². The van der Waals surface area contributed by atoms with Crippen LogP contribution in [0.15, 0.2) is 11.8 Å². The van der Waals surface area contributed by atoms with E-state index in [-0.39, 0.29) is 11.3 Å². The van der Waals surface area contributed by atoms with Crippen LogP contribution in [-0.4, -0.2) is 31.5 Å². The number of amides is 1. The predicted octanol–water partition coefficient (Wildman–Crippen LogP) is 0.586. The van der Waals surface area contributed by atoms with Crippen LogP contribution < -0.4 is 0 Å². The first-order valence-electron chi connectivity index (χ1n) is 3.66. The van der Waals surface area contributed by atoms with Crippen LogP contribution in [0.25, 0.3) is 0 Å². The zero-order valence-corrected chi connectivity index (χ0v) is 8.73. The van der Waals surface area contributed by atoms with Crippen LogP contribution in [0.4, 0.5) is 0 Å². The van der Waals surface area contributed by atoms with Crippen molar-refractivity contribution in [2.24, 2.45) is 0 Å². The van der Waals surface area contributed by atoms with E-state index in [1.807, 2.05) is 6.20 Å². The first kappa shape index (κ1) is 8.44. The van der Waals surface area contributed by atoms with Crippen LogP contribution in [0.1, 0.15) is 6.42 Å². The summed E-state index contributed by atoms with van der Waals surface area (Å²) in [5, 5.41) is 0.676. The molecule has 0 bridgehead atoms. The van der Waals surface area contributed by atoms with E-state index in [0.717, 1.165) is 5.57 Å². The lowest BCUT2D eigenvalue weighted by molar-refractivity contribution is -0.137. The van der Waals surface area contributed by atoms with Gasteiger partial charge in [-0.1, -0.05) is 15.9 Å². The highest BCUT2D eigenvalue weighted by Gasteiger charge is 2.41. The number of rotatable bonds is 1. The zero-order valence-electron chi connectivity index (χ0n) is 6.33. The van der Waals surface area contributed by atoms with Gasteiger partial charge in [0, 0.05) is 28.1 Å². The van der Waals surface area contributed by atoms with Crippen molar-refractivity contribution in [2.75, 3.05) is 11.1 Å². The number of fused-ring (bicyclic) bond motifs is 1. The third-order valence-electron chi connectivity index (χ3n) is 2.07. The van der Waals surface area contributed by atoms with Gasteiger partial charge in [0.2, 0.25) is 5.91 Å². The zero-order chi connectivity index (χ0) is 8.72. The molecular weight excluding hydrogens is 242 g/mol. The van der Waals surface area contributed by atoms with Crippen LogP contribution >= 0.6 is 15.9 Å². The molecule has 0 radical (unpaired) electrons. The molecule has 2 aliphatic heterocycles. The minimum atomic E-state index is -0.872. The molecule has 0 saturated carbocycles. The lowest BCUT2D eigenvalue weighted by atomic mass is 10.2. The molecule has 5 heteroatoms. The van der Waals surface area contributed by atoms with E-state index in [9.17, 15) is 9.00 Å². The highest BCUT2D eigenvalue weighted by molar-refractivity contribution is 9.09. The summed E-state index contributed by atoms with van der Waals surface area (Å²) < 4.78 is 11.4. The number of β-lactam (4-membered cyclic amide) rings is 1. The molecule has 1 amide bonds. The van der Waals surface area contributed by atoms with Crippen LogP contribution in [-0.2, 0) is 15.6 Å². The van der Waals surface area contributed by atoms with E-state index in [1.54, 1.807) is 4.90 Å². The van der Waals surface area contributed by atoms with Gasteiger partial charge in [-0.25, -0.2) is 0 Å². The minimum Gasteiger partial charge on any atom is -0.303 e. The summed E-state index contributed by atoms with van der Waals surface area (Å²) in [7, 11) is -0.872. The van der Waals surface area contributed by atoms with Gasteiger partial charge in [-0.2, -0.15) is 0 Å². The fraction of sp³-hybridized carbons (Fsp3) is 0.571. The van der Waals surface area contributed by atoms with E-state index < -0.39 is 10.8 Å². The third-order valence-corrected chi connectivity index (χ3v) is 4.45. The molecule has 0 aromatic heterocycles.